The van der Waals surface area contributed by atoms with E-state index in [0.29, 0.717) is 5.15 Å². The molecule has 2 nitrogen and oxygen atoms in total. The highest BCUT2D eigenvalue weighted by molar-refractivity contribution is 14.1. The van der Waals surface area contributed by atoms with E-state index in [9.17, 15) is 0 Å². The number of fused-ring (bicyclic) bond motifs is 1. The van der Waals surface area contributed by atoms with Gasteiger partial charge >= 0.3 is 0 Å². The number of H-pyrrole nitrogens is 1. The molecule has 0 aliphatic rings. The molecule has 0 amide bonds. The summed E-state index contributed by atoms with van der Waals surface area (Å²) in [6.45, 7) is 0. The molecule has 0 radical (unpaired) electrons. The summed E-state index contributed by atoms with van der Waals surface area (Å²) in [6.07, 6.45) is 3.62. The summed E-state index contributed by atoms with van der Waals surface area (Å²) in [4.78, 5) is 7.07. The Morgan fingerprint density at radius 1 is 1.58 bits per heavy atom. The van der Waals surface area contributed by atoms with Crippen LogP contribution in [0.5, 0.6) is 0 Å². The van der Waals surface area contributed by atoms with Gasteiger partial charge in [0.1, 0.15) is 0 Å². The zero-order valence-electron chi connectivity index (χ0n) is 5.74. The molecular weight excluding hydrogens is 354 g/mol. The predicted molar refractivity (Wildman–Crippen MR) is 61.5 cm³/mol. The lowest BCUT2D eigenvalue weighted by atomic mass is 10.3. The first-order chi connectivity index (χ1) is 5.70. The van der Waals surface area contributed by atoms with Gasteiger partial charge in [-0.3, -0.25) is 0 Å². The topological polar surface area (TPSA) is 28.7 Å². The number of aromatic amines is 1. The molecule has 62 valence electrons. The van der Waals surface area contributed by atoms with Crippen LogP contribution in [0.25, 0.3) is 10.9 Å². The number of pyridine rings is 1. The van der Waals surface area contributed by atoms with Crippen molar-refractivity contribution in [3.63, 3.8) is 0 Å². The van der Waals surface area contributed by atoms with Crippen molar-refractivity contribution in [1.82, 2.24) is 9.97 Å². The zero-order valence-corrected chi connectivity index (χ0v) is 10.2. The van der Waals surface area contributed by atoms with Gasteiger partial charge in [-0.25, -0.2) is 4.98 Å². The van der Waals surface area contributed by atoms with E-state index >= 15 is 0 Å². The van der Waals surface area contributed by atoms with E-state index < -0.39 is 0 Å². The molecule has 0 spiro atoms. The molecule has 0 bridgehead atoms. The van der Waals surface area contributed by atoms with Gasteiger partial charge in [-0.1, -0.05) is 11.6 Å². The third-order valence-electron chi connectivity index (χ3n) is 1.57. The van der Waals surface area contributed by atoms with Crippen LogP contribution in [0.3, 0.4) is 0 Å². The summed E-state index contributed by atoms with van der Waals surface area (Å²) in [5.74, 6) is 0. The molecule has 0 saturated carbocycles. The van der Waals surface area contributed by atoms with E-state index in [1.807, 2.05) is 6.20 Å². The lowest BCUT2D eigenvalue weighted by molar-refractivity contribution is 1.32. The van der Waals surface area contributed by atoms with Crippen LogP contribution in [0.1, 0.15) is 0 Å². The van der Waals surface area contributed by atoms with Crippen LogP contribution in [-0.4, -0.2) is 9.97 Å². The molecular formula is C7H3BrClIN2. The molecule has 12 heavy (non-hydrogen) atoms. The van der Waals surface area contributed by atoms with Gasteiger partial charge in [-0.15, -0.1) is 0 Å². The summed E-state index contributed by atoms with van der Waals surface area (Å²) in [6, 6.07) is 0. The van der Waals surface area contributed by atoms with E-state index in [1.54, 1.807) is 6.20 Å². The first kappa shape index (κ1) is 8.77. The van der Waals surface area contributed by atoms with Crippen molar-refractivity contribution in [2.75, 3.05) is 0 Å². The Morgan fingerprint density at radius 3 is 3.00 bits per heavy atom. The average Bonchev–Trinajstić information content (AvgIpc) is 2.42. The number of nitrogens with one attached hydrogen (secondary N) is 1. The molecule has 2 heterocycles. The highest BCUT2D eigenvalue weighted by Gasteiger charge is 2.08. The summed E-state index contributed by atoms with van der Waals surface area (Å²) in [7, 11) is 0. The van der Waals surface area contributed by atoms with Gasteiger partial charge in [0.05, 0.1) is 5.52 Å². The van der Waals surface area contributed by atoms with Crippen LogP contribution in [-0.2, 0) is 0 Å². The Morgan fingerprint density at radius 2 is 2.33 bits per heavy atom. The van der Waals surface area contributed by atoms with Crippen LogP contribution >= 0.6 is 50.1 Å². The quantitative estimate of drug-likeness (QED) is 0.567. The molecule has 2 aromatic heterocycles. The van der Waals surface area contributed by atoms with Gasteiger partial charge in [0.25, 0.3) is 0 Å². The minimum atomic E-state index is 0.510. The molecule has 0 fully saturated rings. The standard InChI is InChI=1S/C7H3BrClIN2/c8-3-1-12-7(9)6-5(3)4(10)2-11-6/h1-2,11H. The van der Waals surface area contributed by atoms with Crippen LogP contribution in [0.15, 0.2) is 16.9 Å². The highest BCUT2D eigenvalue weighted by Crippen LogP contribution is 2.30. The maximum Gasteiger partial charge on any atom is 0.153 e. The third-order valence-corrected chi connectivity index (χ3v) is 3.31. The Labute approximate surface area is 96.0 Å². The van der Waals surface area contributed by atoms with Crippen LogP contribution in [0.2, 0.25) is 5.15 Å². The third kappa shape index (κ3) is 1.25. The van der Waals surface area contributed by atoms with Gasteiger partial charge < -0.3 is 4.98 Å². The smallest absolute Gasteiger partial charge is 0.153 e. The van der Waals surface area contributed by atoms with E-state index in [2.05, 4.69) is 48.5 Å². The molecule has 1 N–H and O–H groups in total. The fraction of sp³-hybridized carbons (Fsp3) is 0. The second-order valence-electron chi connectivity index (χ2n) is 2.28. The van der Waals surface area contributed by atoms with Crippen LogP contribution in [0.4, 0.5) is 0 Å². The maximum atomic E-state index is 5.88. The molecule has 0 aliphatic heterocycles. The molecule has 0 atom stereocenters. The number of hydrogen-bond acceptors (Lipinski definition) is 1. The van der Waals surface area contributed by atoms with Crippen molar-refractivity contribution < 1.29 is 0 Å². The van der Waals surface area contributed by atoms with Crippen LogP contribution in [0, 0.1) is 3.57 Å². The summed E-state index contributed by atoms with van der Waals surface area (Å²) >= 11 is 11.5. The normalized spacial score (nSPS) is 10.9. The summed E-state index contributed by atoms with van der Waals surface area (Å²) < 4.78 is 2.10. The molecule has 0 aromatic carbocycles. The van der Waals surface area contributed by atoms with Crippen molar-refractivity contribution in [2.24, 2.45) is 0 Å². The fourth-order valence-corrected chi connectivity index (χ4v) is 2.84. The van der Waals surface area contributed by atoms with E-state index in [1.165, 1.54) is 0 Å². The first-order valence-electron chi connectivity index (χ1n) is 3.16. The van der Waals surface area contributed by atoms with E-state index in [4.69, 9.17) is 11.6 Å². The summed E-state index contributed by atoms with van der Waals surface area (Å²) in [5, 5.41) is 1.60. The number of nitrogens with zero attached hydrogens (tertiary/aromatic N) is 1. The van der Waals surface area contributed by atoms with Crippen molar-refractivity contribution in [3.05, 3.63) is 25.6 Å². The lowest BCUT2D eigenvalue weighted by Crippen LogP contribution is -1.78. The van der Waals surface area contributed by atoms with Crippen LogP contribution < -0.4 is 0 Å². The Kier molecular flexibility index (Phi) is 2.31. The highest BCUT2D eigenvalue weighted by atomic mass is 127. The van der Waals surface area contributed by atoms with Crippen molar-refractivity contribution in [1.29, 1.82) is 0 Å². The summed E-state index contributed by atoms with van der Waals surface area (Å²) in [5.41, 5.74) is 0.885. The molecule has 2 rings (SSSR count). The maximum absolute atomic E-state index is 5.88. The SMILES string of the molecule is Clc1ncc(Br)c2c(I)c[nH]c12. The second kappa shape index (κ2) is 3.16. The van der Waals surface area contributed by atoms with Gasteiger partial charge in [-0.2, -0.15) is 0 Å². The number of halogens is 3. The Hall–Kier alpha value is 0.190. The minimum absolute atomic E-state index is 0.510. The average molecular weight is 357 g/mol. The lowest BCUT2D eigenvalue weighted by Gasteiger charge is -1.95. The Balaban J connectivity index is 2.98. The molecule has 5 heteroatoms. The van der Waals surface area contributed by atoms with Gasteiger partial charge in [0.2, 0.25) is 0 Å². The van der Waals surface area contributed by atoms with Gasteiger partial charge in [-0.05, 0) is 38.5 Å². The number of aromatic nitrogens is 2. The van der Waals surface area contributed by atoms with Crippen molar-refractivity contribution >= 4 is 61.0 Å². The van der Waals surface area contributed by atoms with Gasteiger partial charge in [0.15, 0.2) is 5.15 Å². The molecule has 0 aliphatic carbocycles. The monoisotopic (exact) mass is 356 g/mol. The van der Waals surface area contributed by atoms with Crippen molar-refractivity contribution in [2.45, 2.75) is 0 Å². The second-order valence-corrected chi connectivity index (χ2v) is 4.66. The first-order valence-corrected chi connectivity index (χ1v) is 5.41. The molecule has 0 unspecified atom stereocenters. The van der Waals surface area contributed by atoms with E-state index in [0.717, 1.165) is 18.9 Å². The largest absolute Gasteiger partial charge is 0.358 e. The predicted octanol–water partition coefficient (Wildman–Crippen LogP) is 3.58. The van der Waals surface area contributed by atoms with E-state index in [-0.39, 0.29) is 0 Å². The number of hydrogen-bond donors (Lipinski definition) is 1. The minimum Gasteiger partial charge on any atom is -0.358 e. The van der Waals surface area contributed by atoms with Gasteiger partial charge in [0, 0.05) is 25.8 Å². The zero-order chi connectivity index (χ0) is 8.72. The molecule has 2 aromatic rings. The van der Waals surface area contributed by atoms with Crippen molar-refractivity contribution in [3.8, 4) is 0 Å². The molecule has 0 saturated heterocycles. The number of rotatable bonds is 0. The fourth-order valence-electron chi connectivity index (χ4n) is 1.04. The Bertz CT molecular complexity index is 440.